The number of hydrogen-bond donors (Lipinski definition) is 2. The summed E-state index contributed by atoms with van der Waals surface area (Å²) in [5.74, 6) is 0.963. The SMILES string of the molecule is Cc1nn(CCO)c(C)c1CNCC1CCCN1c1cccnn1. The zero-order valence-electron chi connectivity index (χ0n) is 14.4. The zero-order chi connectivity index (χ0) is 16.9. The molecule has 3 heterocycles. The molecule has 2 aromatic heterocycles. The lowest BCUT2D eigenvalue weighted by Gasteiger charge is -2.25. The summed E-state index contributed by atoms with van der Waals surface area (Å²) in [5.41, 5.74) is 3.39. The summed E-state index contributed by atoms with van der Waals surface area (Å²) in [5, 5.41) is 25.4. The lowest BCUT2D eigenvalue weighted by Crippen LogP contribution is -2.38. The maximum Gasteiger partial charge on any atom is 0.151 e. The molecule has 0 spiro atoms. The normalized spacial score (nSPS) is 17.6. The fourth-order valence-corrected chi connectivity index (χ4v) is 3.46. The summed E-state index contributed by atoms with van der Waals surface area (Å²) >= 11 is 0. The summed E-state index contributed by atoms with van der Waals surface area (Å²) in [7, 11) is 0. The van der Waals surface area contributed by atoms with Crippen molar-refractivity contribution in [3.05, 3.63) is 35.3 Å². The minimum atomic E-state index is 0.115. The first-order valence-electron chi connectivity index (χ1n) is 8.59. The number of aliphatic hydroxyl groups excluding tert-OH is 1. The topological polar surface area (TPSA) is 79.1 Å². The zero-order valence-corrected chi connectivity index (χ0v) is 14.4. The first-order valence-corrected chi connectivity index (χ1v) is 8.59. The summed E-state index contributed by atoms with van der Waals surface area (Å²) in [6.45, 7) is 7.51. The van der Waals surface area contributed by atoms with Gasteiger partial charge in [-0.3, -0.25) is 4.68 Å². The molecule has 3 rings (SSSR count). The number of anilines is 1. The number of aryl methyl sites for hydroxylation is 1. The van der Waals surface area contributed by atoms with Gasteiger partial charge in [0, 0.05) is 43.1 Å². The van der Waals surface area contributed by atoms with Crippen molar-refractivity contribution in [1.29, 1.82) is 0 Å². The van der Waals surface area contributed by atoms with Crippen LogP contribution in [0.25, 0.3) is 0 Å². The maximum absolute atomic E-state index is 9.11. The molecule has 0 aromatic carbocycles. The highest BCUT2D eigenvalue weighted by Gasteiger charge is 2.25. The van der Waals surface area contributed by atoms with E-state index in [9.17, 15) is 0 Å². The summed E-state index contributed by atoms with van der Waals surface area (Å²) in [4.78, 5) is 2.34. The van der Waals surface area contributed by atoms with E-state index in [1.165, 1.54) is 18.4 Å². The molecule has 1 unspecified atom stereocenters. The predicted molar refractivity (Wildman–Crippen MR) is 92.9 cm³/mol. The number of rotatable bonds is 7. The average Bonchev–Trinajstić information content (AvgIpc) is 3.16. The molecule has 1 fully saturated rings. The van der Waals surface area contributed by atoms with Crippen molar-refractivity contribution >= 4 is 5.82 Å². The highest BCUT2D eigenvalue weighted by molar-refractivity contribution is 5.39. The Morgan fingerprint density at radius 2 is 2.25 bits per heavy atom. The van der Waals surface area contributed by atoms with Crippen LogP contribution in [-0.2, 0) is 13.1 Å². The molecule has 7 heteroatoms. The second-order valence-corrected chi connectivity index (χ2v) is 6.30. The van der Waals surface area contributed by atoms with Gasteiger partial charge in [-0.05, 0) is 38.8 Å². The van der Waals surface area contributed by atoms with Crippen LogP contribution in [0, 0.1) is 13.8 Å². The predicted octanol–water partition coefficient (Wildman–Crippen LogP) is 1.04. The van der Waals surface area contributed by atoms with E-state index in [2.05, 4.69) is 32.4 Å². The second-order valence-electron chi connectivity index (χ2n) is 6.30. The van der Waals surface area contributed by atoms with Gasteiger partial charge in [0.15, 0.2) is 5.82 Å². The van der Waals surface area contributed by atoms with E-state index in [-0.39, 0.29) is 6.61 Å². The third-order valence-corrected chi connectivity index (χ3v) is 4.75. The van der Waals surface area contributed by atoms with Gasteiger partial charge >= 0.3 is 0 Å². The van der Waals surface area contributed by atoms with Gasteiger partial charge in [0.1, 0.15) is 0 Å². The van der Waals surface area contributed by atoms with Gasteiger partial charge in [-0.15, -0.1) is 5.10 Å². The Balaban J connectivity index is 1.58. The van der Waals surface area contributed by atoms with Crippen LogP contribution in [0.4, 0.5) is 5.82 Å². The van der Waals surface area contributed by atoms with Gasteiger partial charge in [-0.25, -0.2) is 0 Å². The van der Waals surface area contributed by atoms with E-state index in [0.717, 1.165) is 36.8 Å². The average molecular weight is 330 g/mol. The van der Waals surface area contributed by atoms with E-state index in [4.69, 9.17) is 5.11 Å². The summed E-state index contributed by atoms with van der Waals surface area (Å²) in [6, 6.07) is 4.42. The molecular formula is C17H26N6O. The van der Waals surface area contributed by atoms with Gasteiger partial charge < -0.3 is 15.3 Å². The molecule has 1 aliphatic rings. The third kappa shape index (κ3) is 3.57. The quantitative estimate of drug-likeness (QED) is 0.790. The standard InChI is InChI=1S/C17H26N6O/c1-13-16(14(2)23(21-13)9-10-24)12-18-11-15-5-4-8-22(15)17-6-3-7-19-20-17/h3,6-7,15,18,24H,4-5,8-12H2,1-2H3. The van der Waals surface area contributed by atoms with Gasteiger partial charge in [-0.2, -0.15) is 10.2 Å². The summed E-state index contributed by atoms with van der Waals surface area (Å²) < 4.78 is 1.88. The highest BCUT2D eigenvalue weighted by atomic mass is 16.3. The van der Waals surface area contributed by atoms with Crippen molar-refractivity contribution in [3.63, 3.8) is 0 Å². The molecular weight excluding hydrogens is 304 g/mol. The molecule has 0 amide bonds. The maximum atomic E-state index is 9.11. The van der Waals surface area contributed by atoms with Crippen molar-refractivity contribution in [2.75, 3.05) is 24.6 Å². The van der Waals surface area contributed by atoms with Gasteiger partial charge in [0.25, 0.3) is 0 Å². The van der Waals surface area contributed by atoms with Crippen LogP contribution >= 0.6 is 0 Å². The van der Waals surface area contributed by atoms with Crippen LogP contribution < -0.4 is 10.2 Å². The molecule has 130 valence electrons. The fourth-order valence-electron chi connectivity index (χ4n) is 3.46. The van der Waals surface area contributed by atoms with Crippen molar-refractivity contribution in [3.8, 4) is 0 Å². The molecule has 1 aliphatic heterocycles. The summed E-state index contributed by atoms with van der Waals surface area (Å²) in [6.07, 6.45) is 4.07. The minimum absolute atomic E-state index is 0.115. The van der Waals surface area contributed by atoms with E-state index in [1.807, 2.05) is 23.7 Å². The minimum Gasteiger partial charge on any atom is -0.394 e. The lowest BCUT2D eigenvalue weighted by atomic mass is 10.1. The van der Waals surface area contributed by atoms with Crippen LogP contribution in [0.15, 0.2) is 18.3 Å². The first kappa shape index (κ1) is 16.9. The smallest absolute Gasteiger partial charge is 0.151 e. The van der Waals surface area contributed by atoms with Gasteiger partial charge in [-0.1, -0.05) is 0 Å². The Kier molecular flexibility index (Phi) is 5.42. The van der Waals surface area contributed by atoms with Crippen LogP contribution in [0.5, 0.6) is 0 Å². The Hall–Kier alpha value is -1.99. The molecule has 7 nitrogen and oxygen atoms in total. The molecule has 0 radical (unpaired) electrons. The fraction of sp³-hybridized carbons (Fsp3) is 0.588. The Morgan fingerprint density at radius 1 is 1.38 bits per heavy atom. The van der Waals surface area contributed by atoms with E-state index >= 15 is 0 Å². The molecule has 0 saturated carbocycles. The number of nitrogens with one attached hydrogen (secondary N) is 1. The Labute approximate surface area is 142 Å². The monoisotopic (exact) mass is 330 g/mol. The van der Waals surface area contributed by atoms with E-state index in [1.54, 1.807) is 6.20 Å². The van der Waals surface area contributed by atoms with Crippen LogP contribution in [-0.4, -0.2) is 50.8 Å². The van der Waals surface area contributed by atoms with E-state index in [0.29, 0.717) is 12.6 Å². The first-order chi connectivity index (χ1) is 11.7. The number of aliphatic hydroxyl groups is 1. The van der Waals surface area contributed by atoms with Crippen molar-refractivity contribution in [2.45, 2.75) is 45.8 Å². The highest BCUT2D eigenvalue weighted by Crippen LogP contribution is 2.22. The molecule has 24 heavy (non-hydrogen) atoms. The number of hydrogen-bond acceptors (Lipinski definition) is 6. The third-order valence-electron chi connectivity index (χ3n) is 4.75. The lowest BCUT2D eigenvalue weighted by molar-refractivity contribution is 0.267. The van der Waals surface area contributed by atoms with Gasteiger partial charge in [0.05, 0.1) is 18.8 Å². The van der Waals surface area contributed by atoms with Crippen LogP contribution in [0.3, 0.4) is 0 Å². The van der Waals surface area contributed by atoms with Gasteiger partial charge in [0.2, 0.25) is 0 Å². The molecule has 0 bridgehead atoms. The molecule has 1 saturated heterocycles. The largest absolute Gasteiger partial charge is 0.394 e. The molecule has 2 aromatic rings. The van der Waals surface area contributed by atoms with Crippen molar-refractivity contribution < 1.29 is 5.11 Å². The van der Waals surface area contributed by atoms with Crippen molar-refractivity contribution in [2.24, 2.45) is 0 Å². The number of nitrogens with zero attached hydrogens (tertiary/aromatic N) is 5. The Morgan fingerprint density at radius 3 is 3.00 bits per heavy atom. The Bertz CT molecular complexity index is 657. The van der Waals surface area contributed by atoms with Crippen molar-refractivity contribution in [1.82, 2.24) is 25.3 Å². The molecule has 0 aliphatic carbocycles. The van der Waals surface area contributed by atoms with Crippen LogP contribution in [0.1, 0.15) is 29.8 Å². The number of aromatic nitrogens is 4. The van der Waals surface area contributed by atoms with Crippen LogP contribution in [0.2, 0.25) is 0 Å². The molecule has 2 N–H and O–H groups in total. The van der Waals surface area contributed by atoms with E-state index < -0.39 is 0 Å². The second kappa shape index (κ2) is 7.72. The molecule has 1 atom stereocenters.